The van der Waals surface area contributed by atoms with Crippen molar-refractivity contribution in [1.29, 1.82) is 0 Å². The second-order valence-corrected chi connectivity index (χ2v) is 11.0. The third-order valence-electron chi connectivity index (χ3n) is 7.70. The number of amides is 1. The molecule has 1 saturated heterocycles. The van der Waals surface area contributed by atoms with Gasteiger partial charge >= 0.3 is 0 Å². The van der Waals surface area contributed by atoms with Gasteiger partial charge in [-0.25, -0.2) is 9.97 Å². The van der Waals surface area contributed by atoms with Crippen molar-refractivity contribution in [1.82, 2.24) is 14.9 Å². The van der Waals surface area contributed by atoms with Crippen LogP contribution in [-0.2, 0) is 0 Å². The topological polar surface area (TPSA) is 70.2 Å². The summed E-state index contributed by atoms with van der Waals surface area (Å²) < 4.78 is 0. The lowest BCUT2D eigenvalue weighted by molar-refractivity contribution is 0.102. The van der Waals surface area contributed by atoms with Crippen LogP contribution < -0.4 is 10.6 Å². The first kappa shape index (κ1) is 26.8. The average Bonchev–Trinajstić information content (AvgIpc) is 2.93. The van der Waals surface area contributed by atoms with E-state index in [1.54, 1.807) is 0 Å². The van der Waals surface area contributed by atoms with E-state index in [-0.39, 0.29) is 5.91 Å². The zero-order valence-electron chi connectivity index (χ0n) is 23.6. The number of fused-ring (bicyclic) bond motifs is 1. The number of piperidine rings is 1. The molecule has 1 aliphatic heterocycles. The fourth-order valence-electron chi connectivity index (χ4n) is 5.47. The van der Waals surface area contributed by atoms with Crippen LogP contribution in [0.2, 0.25) is 0 Å². The molecule has 6 nitrogen and oxygen atoms in total. The van der Waals surface area contributed by atoms with Crippen molar-refractivity contribution < 1.29 is 4.79 Å². The molecule has 2 N–H and O–H groups in total. The van der Waals surface area contributed by atoms with E-state index in [0.29, 0.717) is 17.4 Å². The lowest BCUT2D eigenvalue weighted by atomic mass is 9.96. The summed E-state index contributed by atoms with van der Waals surface area (Å²) in [6.07, 6.45) is 5.83. The highest BCUT2D eigenvalue weighted by molar-refractivity contribution is 6.05. The first-order valence-electron chi connectivity index (χ1n) is 14.1. The van der Waals surface area contributed by atoms with Crippen molar-refractivity contribution in [3.63, 3.8) is 0 Å². The molecule has 4 aromatic rings. The second kappa shape index (κ2) is 12.0. The summed E-state index contributed by atoms with van der Waals surface area (Å²) in [5.74, 6) is 1.00. The molecule has 2 heterocycles. The predicted molar refractivity (Wildman–Crippen MR) is 162 cm³/mol. The van der Waals surface area contributed by atoms with E-state index in [2.05, 4.69) is 66.4 Å². The average molecular weight is 522 g/mol. The van der Waals surface area contributed by atoms with Crippen LogP contribution in [0.5, 0.6) is 0 Å². The van der Waals surface area contributed by atoms with E-state index in [9.17, 15) is 4.79 Å². The van der Waals surface area contributed by atoms with Gasteiger partial charge in [0, 0.05) is 35.9 Å². The van der Waals surface area contributed by atoms with E-state index in [1.807, 2.05) is 42.6 Å². The smallest absolute Gasteiger partial charge is 0.255 e. The van der Waals surface area contributed by atoms with Crippen LogP contribution in [0.25, 0.3) is 22.0 Å². The minimum Gasteiger partial charge on any atom is -0.353 e. The summed E-state index contributed by atoms with van der Waals surface area (Å²) in [6, 6.07) is 18.2. The summed E-state index contributed by atoms with van der Waals surface area (Å²) in [5.41, 5.74) is 8.01. The van der Waals surface area contributed by atoms with Gasteiger partial charge in [0.1, 0.15) is 0 Å². The van der Waals surface area contributed by atoms with Crippen molar-refractivity contribution in [2.45, 2.75) is 52.9 Å². The largest absolute Gasteiger partial charge is 0.353 e. The Labute approximate surface area is 231 Å². The Bertz CT molecular complexity index is 1470. The summed E-state index contributed by atoms with van der Waals surface area (Å²) in [5, 5.41) is 7.43. The molecule has 5 rings (SSSR count). The fraction of sp³-hybridized carbons (Fsp3) is 0.364. The van der Waals surface area contributed by atoms with Crippen molar-refractivity contribution >= 4 is 28.4 Å². The summed E-state index contributed by atoms with van der Waals surface area (Å²) in [4.78, 5) is 24.9. The van der Waals surface area contributed by atoms with Gasteiger partial charge in [-0.05, 0) is 110 Å². The molecular weight excluding hydrogens is 482 g/mol. The minimum atomic E-state index is -0.114. The molecule has 0 atom stereocenters. The number of rotatable bonds is 8. The van der Waals surface area contributed by atoms with Crippen LogP contribution in [0.15, 0.2) is 60.8 Å². The van der Waals surface area contributed by atoms with Gasteiger partial charge in [-0.2, -0.15) is 0 Å². The molecule has 0 radical (unpaired) electrons. The molecule has 1 aromatic heterocycles. The first-order chi connectivity index (χ1) is 18.9. The van der Waals surface area contributed by atoms with Crippen LogP contribution in [0, 0.1) is 13.8 Å². The molecule has 1 fully saturated rings. The second-order valence-electron chi connectivity index (χ2n) is 11.0. The van der Waals surface area contributed by atoms with Crippen molar-refractivity contribution in [2.75, 3.05) is 36.8 Å². The highest BCUT2D eigenvalue weighted by Crippen LogP contribution is 2.29. The molecule has 0 bridgehead atoms. The molecule has 0 saturated carbocycles. The number of benzene rings is 3. The Hall–Kier alpha value is -3.77. The molecule has 3 aromatic carbocycles. The van der Waals surface area contributed by atoms with Crippen LogP contribution in [-0.4, -0.2) is 47.0 Å². The summed E-state index contributed by atoms with van der Waals surface area (Å²) >= 11 is 0. The minimum absolute atomic E-state index is 0.114. The molecule has 1 amide bonds. The number of nitrogens with zero attached hydrogens (tertiary/aromatic N) is 3. The summed E-state index contributed by atoms with van der Waals surface area (Å²) in [6.45, 7) is 12.8. The molecule has 0 spiro atoms. The number of aromatic nitrogens is 2. The van der Waals surface area contributed by atoms with Crippen molar-refractivity contribution in [3.05, 3.63) is 83.0 Å². The van der Waals surface area contributed by atoms with Gasteiger partial charge in [-0.3, -0.25) is 4.79 Å². The number of anilines is 2. The Balaban J connectivity index is 1.29. The zero-order valence-corrected chi connectivity index (χ0v) is 23.6. The quantitative estimate of drug-likeness (QED) is 0.257. The monoisotopic (exact) mass is 521 g/mol. The number of nitrogens with one attached hydrogen (secondary N) is 2. The molecule has 6 heteroatoms. The molecule has 0 unspecified atom stereocenters. The third-order valence-corrected chi connectivity index (χ3v) is 7.70. The molecule has 202 valence electrons. The fourth-order valence-corrected chi connectivity index (χ4v) is 5.47. The van der Waals surface area contributed by atoms with Crippen LogP contribution >= 0.6 is 0 Å². The Morgan fingerprint density at radius 3 is 2.54 bits per heavy atom. The van der Waals surface area contributed by atoms with Gasteiger partial charge < -0.3 is 15.5 Å². The lowest BCUT2D eigenvalue weighted by Gasteiger charge is -2.26. The molecule has 0 aliphatic carbocycles. The van der Waals surface area contributed by atoms with Crippen LogP contribution in [0.1, 0.15) is 66.1 Å². The predicted octanol–water partition coefficient (Wildman–Crippen LogP) is 7.19. The van der Waals surface area contributed by atoms with Crippen LogP contribution in [0.3, 0.4) is 0 Å². The van der Waals surface area contributed by atoms with Crippen molar-refractivity contribution in [3.8, 4) is 11.1 Å². The number of hydrogen-bond donors (Lipinski definition) is 2. The van der Waals surface area contributed by atoms with E-state index >= 15 is 0 Å². The Morgan fingerprint density at radius 1 is 0.949 bits per heavy atom. The van der Waals surface area contributed by atoms with Gasteiger partial charge in [-0.1, -0.05) is 38.5 Å². The number of likely N-dealkylation sites (tertiary alicyclic amines) is 1. The molecule has 1 aliphatic rings. The van der Waals surface area contributed by atoms with E-state index in [0.717, 1.165) is 46.4 Å². The van der Waals surface area contributed by atoms with Gasteiger partial charge in [0.2, 0.25) is 5.95 Å². The maximum atomic E-state index is 13.1. The standard InChI is InChI=1S/C33H39N5O/c1-22(2)29-12-11-28(18-24(29)4)36-32(39)26-9-8-23(3)30(20-26)25-10-13-31-27(19-25)21-35-33(37-31)34-14-17-38-15-6-5-7-16-38/h8-13,18-22H,5-7,14-17H2,1-4H3,(H,36,39)(H,34,35,37). The maximum Gasteiger partial charge on any atom is 0.255 e. The maximum absolute atomic E-state index is 13.1. The molecule has 39 heavy (non-hydrogen) atoms. The van der Waals surface area contributed by atoms with Crippen LogP contribution in [0.4, 0.5) is 11.6 Å². The Kier molecular flexibility index (Phi) is 8.22. The van der Waals surface area contributed by atoms with E-state index in [1.165, 1.54) is 43.5 Å². The number of carbonyl (C=O) groups is 1. The van der Waals surface area contributed by atoms with Crippen molar-refractivity contribution in [2.24, 2.45) is 0 Å². The first-order valence-corrected chi connectivity index (χ1v) is 14.1. The third kappa shape index (κ3) is 6.45. The highest BCUT2D eigenvalue weighted by Gasteiger charge is 2.13. The normalized spacial score (nSPS) is 14.1. The SMILES string of the molecule is Cc1ccc(C(=O)Nc2ccc(C(C)C)c(C)c2)cc1-c1ccc2nc(NCCN3CCCCC3)ncc2c1. The summed E-state index contributed by atoms with van der Waals surface area (Å²) in [7, 11) is 0. The zero-order chi connectivity index (χ0) is 27.4. The van der Waals surface area contributed by atoms with Gasteiger partial charge in [0.05, 0.1) is 5.52 Å². The number of carbonyl (C=O) groups excluding carboxylic acids is 1. The number of hydrogen-bond acceptors (Lipinski definition) is 5. The van der Waals surface area contributed by atoms with Gasteiger partial charge in [0.25, 0.3) is 5.91 Å². The van der Waals surface area contributed by atoms with E-state index in [4.69, 9.17) is 4.98 Å². The van der Waals surface area contributed by atoms with Gasteiger partial charge in [-0.15, -0.1) is 0 Å². The van der Waals surface area contributed by atoms with Gasteiger partial charge in [0.15, 0.2) is 0 Å². The number of aryl methyl sites for hydroxylation is 2. The lowest BCUT2D eigenvalue weighted by Crippen LogP contribution is -2.33. The highest BCUT2D eigenvalue weighted by atomic mass is 16.1. The Morgan fingerprint density at radius 2 is 1.77 bits per heavy atom. The van der Waals surface area contributed by atoms with E-state index < -0.39 is 0 Å². The molecular formula is C33H39N5O.